The van der Waals surface area contributed by atoms with Gasteiger partial charge in [-0.1, -0.05) is 26.2 Å². The fourth-order valence-electron chi connectivity index (χ4n) is 2.23. The zero-order chi connectivity index (χ0) is 11.8. The van der Waals surface area contributed by atoms with Gasteiger partial charge in [-0.2, -0.15) is 0 Å². The quantitative estimate of drug-likeness (QED) is 0.779. The molecule has 0 aromatic rings. The van der Waals surface area contributed by atoms with Gasteiger partial charge in [-0.25, -0.2) is 0 Å². The van der Waals surface area contributed by atoms with Gasteiger partial charge in [0, 0.05) is 19.1 Å². The summed E-state index contributed by atoms with van der Waals surface area (Å²) in [5.41, 5.74) is 0. The third-order valence-electron chi connectivity index (χ3n) is 3.28. The molecule has 0 bridgehead atoms. The lowest BCUT2D eigenvalue weighted by Gasteiger charge is -2.21. The van der Waals surface area contributed by atoms with Gasteiger partial charge in [0.15, 0.2) is 0 Å². The predicted octanol–water partition coefficient (Wildman–Crippen LogP) is 2.17. The van der Waals surface area contributed by atoms with Crippen LogP contribution >= 0.6 is 0 Å². The molecule has 3 nitrogen and oxygen atoms in total. The summed E-state index contributed by atoms with van der Waals surface area (Å²) in [4.78, 5) is 13.9. The molecule has 3 heteroatoms. The molecule has 1 rings (SSSR count). The van der Waals surface area contributed by atoms with Gasteiger partial charge in [0.05, 0.1) is 6.54 Å². The number of carbonyl (C=O) groups is 1. The molecule has 0 aromatic carbocycles. The zero-order valence-corrected chi connectivity index (χ0v) is 10.8. The smallest absolute Gasteiger partial charge is 0.236 e. The van der Waals surface area contributed by atoms with Gasteiger partial charge >= 0.3 is 0 Å². The Kier molecular flexibility index (Phi) is 6.46. The van der Waals surface area contributed by atoms with Gasteiger partial charge < -0.3 is 10.2 Å². The van der Waals surface area contributed by atoms with Gasteiger partial charge in [0.2, 0.25) is 5.91 Å². The Bertz CT molecular complexity index is 198. The summed E-state index contributed by atoms with van der Waals surface area (Å²) in [7, 11) is 0. The Morgan fingerprint density at radius 1 is 1.25 bits per heavy atom. The van der Waals surface area contributed by atoms with Crippen molar-refractivity contribution < 1.29 is 4.79 Å². The fourth-order valence-corrected chi connectivity index (χ4v) is 2.23. The second-order valence-electron chi connectivity index (χ2n) is 4.87. The van der Waals surface area contributed by atoms with Crippen molar-refractivity contribution in [3.63, 3.8) is 0 Å². The molecule has 1 heterocycles. The normalized spacial score (nSPS) is 19.2. The standard InChI is InChI=1S/C13H26N2O/c1-3-8-12(2)14-11-13(16)15-9-6-4-5-7-10-15/h12,14H,3-11H2,1-2H3. The van der Waals surface area contributed by atoms with Gasteiger partial charge in [0.1, 0.15) is 0 Å². The topological polar surface area (TPSA) is 32.3 Å². The third kappa shape index (κ3) is 4.97. The van der Waals surface area contributed by atoms with Crippen LogP contribution in [-0.4, -0.2) is 36.5 Å². The highest BCUT2D eigenvalue weighted by Gasteiger charge is 2.15. The number of hydrogen-bond donors (Lipinski definition) is 1. The molecule has 1 unspecified atom stereocenters. The molecular formula is C13H26N2O. The van der Waals surface area contributed by atoms with Crippen LogP contribution in [0, 0.1) is 0 Å². The second kappa shape index (κ2) is 7.66. The van der Waals surface area contributed by atoms with Crippen LogP contribution in [0.2, 0.25) is 0 Å². The van der Waals surface area contributed by atoms with Gasteiger partial charge in [0.25, 0.3) is 0 Å². The van der Waals surface area contributed by atoms with Crippen LogP contribution in [0.25, 0.3) is 0 Å². The lowest BCUT2D eigenvalue weighted by molar-refractivity contribution is -0.130. The number of nitrogens with one attached hydrogen (secondary N) is 1. The summed E-state index contributed by atoms with van der Waals surface area (Å²) in [6.07, 6.45) is 7.23. The second-order valence-corrected chi connectivity index (χ2v) is 4.87. The lowest BCUT2D eigenvalue weighted by atomic mass is 10.2. The lowest BCUT2D eigenvalue weighted by Crippen LogP contribution is -2.41. The van der Waals surface area contributed by atoms with Crippen LogP contribution in [0.1, 0.15) is 52.4 Å². The molecule has 1 saturated heterocycles. The summed E-state index contributed by atoms with van der Waals surface area (Å²) < 4.78 is 0. The highest BCUT2D eigenvalue weighted by molar-refractivity contribution is 5.78. The number of amides is 1. The van der Waals surface area contributed by atoms with Crippen LogP contribution in [0.5, 0.6) is 0 Å². The first-order valence-electron chi connectivity index (χ1n) is 6.75. The maximum atomic E-state index is 11.9. The third-order valence-corrected chi connectivity index (χ3v) is 3.28. The molecule has 1 aliphatic rings. The Labute approximate surface area is 99.6 Å². The van der Waals surface area contributed by atoms with Crippen molar-refractivity contribution in [3.8, 4) is 0 Å². The summed E-state index contributed by atoms with van der Waals surface area (Å²) in [5, 5.41) is 3.31. The molecule has 1 aliphatic heterocycles. The minimum Gasteiger partial charge on any atom is -0.342 e. The molecular weight excluding hydrogens is 200 g/mol. The fraction of sp³-hybridized carbons (Fsp3) is 0.923. The van der Waals surface area contributed by atoms with Crippen molar-refractivity contribution in [2.75, 3.05) is 19.6 Å². The van der Waals surface area contributed by atoms with E-state index < -0.39 is 0 Å². The van der Waals surface area contributed by atoms with Crippen molar-refractivity contribution in [1.82, 2.24) is 10.2 Å². The van der Waals surface area contributed by atoms with E-state index in [4.69, 9.17) is 0 Å². The molecule has 0 aromatic heterocycles. The highest BCUT2D eigenvalue weighted by Crippen LogP contribution is 2.09. The summed E-state index contributed by atoms with van der Waals surface area (Å²) in [5.74, 6) is 0.282. The van der Waals surface area contributed by atoms with Crippen LogP contribution < -0.4 is 5.32 Å². The van der Waals surface area contributed by atoms with E-state index in [2.05, 4.69) is 19.2 Å². The number of rotatable bonds is 5. The average Bonchev–Trinajstić information content (AvgIpc) is 2.55. The Morgan fingerprint density at radius 3 is 2.44 bits per heavy atom. The van der Waals surface area contributed by atoms with E-state index in [9.17, 15) is 4.79 Å². The van der Waals surface area contributed by atoms with Crippen molar-refractivity contribution in [3.05, 3.63) is 0 Å². The SMILES string of the molecule is CCCC(C)NCC(=O)N1CCCCCC1. The molecule has 1 N–H and O–H groups in total. The minimum absolute atomic E-state index is 0.282. The highest BCUT2D eigenvalue weighted by atomic mass is 16.2. The number of nitrogens with zero attached hydrogens (tertiary/aromatic N) is 1. The maximum Gasteiger partial charge on any atom is 0.236 e. The molecule has 1 amide bonds. The maximum absolute atomic E-state index is 11.9. The van der Waals surface area contributed by atoms with E-state index in [0.29, 0.717) is 12.6 Å². The van der Waals surface area contributed by atoms with E-state index in [1.165, 1.54) is 32.1 Å². The van der Waals surface area contributed by atoms with E-state index in [1.807, 2.05) is 4.90 Å². The summed E-state index contributed by atoms with van der Waals surface area (Å²) in [6.45, 7) is 6.76. The van der Waals surface area contributed by atoms with Crippen molar-refractivity contribution in [2.45, 2.75) is 58.4 Å². The predicted molar refractivity (Wildman–Crippen MR) is 67.4 cm³/mol. The summed E-state index contributed by atoms with van der Waals surface area (Å²) in [6, 6.07) is 0.459. The number of likely N-dealkylation sites (tertiary alicyclic amines) is 1. The molecule has 0 saturated carbocycles. The van der Waals surface area contributed by atoms with Gasteiger partial charge in [-0.3, -0.25) is 4.79 Å². The first-order valence-corrected chi connectivity index (χ1v) is 6.75. The number of hydrogen-bond acceptors (Lipinski definition) is 2. The molecule has 16 heavy (non-hydrogen) atoms. The van der Waals surface area contributed by atoms with Crippen LogP contribution in [0.15, 0.2) is 0 Å². The molecule has 0 spiro atoms. The van der Waals surface area contributed by atoms with E-state index in [0.717, 1.165) is 19.5 Å². The van der Waals surface area contributed by atoms with Crippen LogP contribution in [0.4, 0.5) is 0 Å². The van der Waals surface area contributed by atoms with Crippen LogP contribution in [-0.2, 0) is 4.79 Å². The molecule has 1 atom stereocenters. The Hall–Kier alpha value is -0.570. The van der Waals surface area contributed by atoms with E-state index >= 15 is 0 Å². The van der Waals surface area contributed by atoms with Crippen molar-refractivity contribution >= 4 is 5.91 Å². The summed E-state index contributed by atoms with van der Waals surface area (Å²) >= 11 is 0. The monoisotopic (exact) mass is 226 g/mol. The largest absolute Gasteiger partial charge is 0.342 e. The van der Waals surface area contributed by atoms with Crippen molar-refractivity contribution in [2.24, 2.45) is 0 Å². The molecule has 0 radical (unpaired) electrons. The first-order chi connectivity index (χ1) is 7.74. The zero-order valence-electron chi connectivity index (χ0n) is 10.8. The van der Waals surface area contributed by atoms with Crippen LogP contribution in [0.3, 0.4) is 0 Å². The van der Waals surface area contributed by atoms with Gasteiger partial charge in [-0.15, -0.1) is 0 Å². The molecule has 1 fully saturated rings. The van der Waals surface area contributed by atoms with Gasteiger partial charge in [-0.05, 0) is 26.2 Å². The Morgan fingerprint density at radius 2 is 1.88 bits per heavy atom. The van der Waals surface area contributed by atoms with E-state index in [1.54, 1.807) is 0 Å². The van der Waals surface area contributed by atoms with E-state index in [-0.39, 0.29) is 5.91 Å². The first kappa shape index (κ1) is 13.5. The molecule has 0 aliphatic carbocycles. The number of carbonyl (C=O) groups excluding carboxylic acids is 1. The van der Waals surface area contributed by atoms with Crippen molar-refractivity contribution in [1.29, 1.82) is 0 Å². The average molecular weight is 226 g/mol. The Balaban J connectivity index is 2.22. The molecule has 94 valence electrons. The minimum atomic E-state index is 0.282.